The first-order valence-electron chi connectivity index (χ1n) is 8.04. The Labute approximate surface area is 160 Å². The van der Waals surface area contributed by atoms with E-state index >= 15 is 0 Å². The smallest absolute Gasteiger partial charge is 0.258 e. The molecule has 0 saturated heterocycles. The zero-order chi connectivity index (χ0) is 19.4. The van der Waals surface area contributed by atoms with Crippen molar-refractivity contribution in [3.63, 3.8) is 0 Å². The fraction of sp³-hybridized carbons (Fsp3) is 0.105. The number of nitrogens with zero attached hydrogens (tertiary/aromatic N) is 2. The van der Waals surface area contributed by atoms with Crippen molar-refractivity contribution < 1.29 is 14.3 Å². The van der Waals surface area contributed by atoms with Crippen molar-refractivity contribution in [1.82, 2.24) is 9.78 Å². The van der Waals surface area contributed by atoms with Gasteiger partial charge in [-0.2, -0.15) is 5.10 Å². The quantitative estimate of drug-likeness (QED) is 0.701. The van der Waals surface area contributed by atoms with E-state index in [2.05, 4.69) is 15.7 Å². The minimum atomic E-state index is -0.325. The molecule has 2 N–H and O–H groups in total. The number of rotatable bonds is 5. The summed E-state index contributed by atoms with van der Waals surface area (Å²) in [5, 5.41) is 10.3. The molecule has 138 valence electrons. The lowest BCUT2D eigenvalue weighted by atomic mass is 10.2. The van der Waals surface area contributed by atoms with Gasteiger partial charge in [0, 0.05) is 23.8 Å². The molecule has 0 fully saturated rings. The number of anilines is 2. The Morgan fingerprint density at radius 3 is 2.52 bits per heavy atom. The Kier molecular flexibility index (Phi) is 5.42. The third kappa shape index (κ3) is 4.45. The molecule has 0 bridgehead atoms. The van der Waals surface area contributed by atoms with E-state index in [1.165, 1.54) is 20.2 Å². The number of halogens is 1. The lowest BCUT2D eigenvalue weighted by molar-refractivity contribution is -0.114. The molecule has 0 aliphatic heterocycles. The predicted molar refractivity (Wildman–Crippen MR) is 104 cm³/mol. The summed E-state index contributed by atoms with van der Waals surface area (Å²) in [5.74, 6) is -0.0612. The van der Waals surface area contributed by atoms with Gasteiger partial charge in [-0.25, -0.2) is 4.68 Å². The normalized spacial score (nSPS) is 10.3. The molecule has 1 heterocycles. The predicted octanol–water partition coefficient (Wildman–Crippen LogP) is 3.75. The third-order valence-corrected chi connectivity index (χ3v) is 3.96. The van der Waals surface area contributed by atoms with Crippen LogP contribution in [0.5, 0.6) is 5.75 Å². The molecule has 3 rings (SSSR count). The van der Waals surface area contributed by atoms with E-state index in [0.717, 1.165) is 5.69 Å². The Balaban J connectivity index is 1.77. The van der Waals surface area contributed by atoms with E-state index in [-0.39, 0.29) is 11.8 Å². The molecule has 0 spiro atoms. The van der Waals surface area contributed by atoms with Crippen LogP contribution in [0.4, 0.5) is 11.4 Å². The van der Waals surface area contributed by atoms with Crippen LogP contribution in [-0.4, -0.2) is 28.7 Å². The van der Waals surface area contributed by atoms with Crippen LogP contribution in [0.3, 0.4) is 0 Å². The summed E-state index contributed by atoms with van der Waals surface area (Å²) in [6, 6.07) is 12.1. The molecule has 27 heavy (non-hydrogen) atoms. The van der Waals surface area contributed by atoms with Crippen molar-refractivity contribution in [3.8, 4) is 11.4 Å². The summed E-state index contributed by atoms with van der Waals surface area (Å²) in [6.07, 6.45) is 3.10. The number of carbonyl (C=O) groups excluding carboxylic acids is 2. The van der Waals surface area contributed by atoms with Gasteiger partial charge in [0.25, 0.3) is 5.91 Å². The first kappa shape index (κ1) is 18.5. The highest BCUT2D eigenvalue weighted by molar-refractivity contribution is 6.30. The van der Waals surface area contributed by atoms with Crippen LogP contribution in [0, 0.1) is 0 Å². The van der Waals surface area contributed by atoms with Gasteiger partial charge >= 0.3 is 0 Å². The number of nitrogens with one attached hydrogen (secondary N) is 2. The van der Waals surface area contributed by atoms with Crippen LogP contribution >= 0.6 is 11.6 Å². The van der Waals surface area contributed by atoms with Gasteiger partial charge < -0.3 is 15.4 Å². The van der Waals surface area contributed by atoms with E-state index in [1.54, 1.807) is 53.3 Å². The maximum atomic E-state index is 12.5. The Hall–Kier alpha value is -3.32. The largest absolute Gasteiger partial charge is 0.495 e. The fourth-order valence-corrected chi connectivity index (χ4v) is 2.58. The average molecular weight is 385 g/mol. The van der Waals surface area contributed by atoms with Gasteiger partial charge in [-0.05, 0) is 42.5 Å². The minimum absolute atomic E-state index is 0.235. The standard InChI is InChI=1S/C19H17ClN4O3/c1-12(25)22-17-9-15(5-8-18(17)27-2)23-19(26)13-10-21-24(11-13)16-6-3-14(20)4-7-16/h3-11H,1-2H3,(H,22,25)(H,23,26). The fourth-order valence-electron chi connectivity index (χ4n) is 2.45. The number of aromatic nitrogens is 2. The molecule has 0 saturated carbocycles. The second-order valence-electron chi connectivity index (χ2n) is 5.70. The van der Waals surface area contributed by atoms with Crippen LogP contribution in [0.25, 0.3) is 5.69 Å². The van der Waals surface area contributed by atoms with Crippen LogP contribution in [0.15, 0.2) is 54.9 Å². The van der Waals surface area contributed by atoms with Crippen molar-refractivity contribution in [3.05, 3.63) is 65.4 Å². The Morgan fingerprint density at radius 2 is 1.85 bits per heavy atom. The number of methoxy groups -OCH3 is 1. The number of ether oxygens (including phenoxy) is 1. The number of benzene rings is 2. The van der Waals surface area contributed by atoms with Crippen LogP contribution in [0.1, 0.15) is 17.3 Å². The van der Waals surface area contributed by atoms with E-state index in [4.69, 9.17) is 16.3 Å². The first-order chi connectivity index (χ1) is 13.0. The molecule has 3 aromatic rings. The molecule has 0 radical (unpaired) electrons. The minimum Gasteiger partial charge on any atom is -0.495 e. The number of hydrogen-bond acceptors (Lipinski definition) is 4. The van der Waals surface area contributed by atoms with Gasteiger partial charge in [0.15, 0.2) is 0 Å². The van der Waals surface area contributed by atoms with Gasteiger partial charge in [-0.15, -0.1) is 0 Å². The maximum absolute atomic E-state index is 12.5. The van der Waals surface area contributed by atoms with Crippen LogP contribution in [0.2, 0.25) is 5.02 Å². The number of hydrogen-bond donors (Lipinski definition) is 2. The average Bonchev–Trinajstić information content (AvgIpc) is 3.12. The lowest BCUT2D eigenvalue weighted by Gasteiger charge is -2.11. The molecular weight excluding hydrogens is 368 g/mol. The summed E-state index contributed by atoms with van der Waals surface area (Å²) >= 11 is 5.88. The molecular formula is C19H17ClN4O3. The van der Waals surface area contributed by atoms with Gasteiger partial charge in [-0.3, -0.25) is 9.59 Å². The summed E-state index contributed by atoms with van der Waals surface area (Å²) in [4.78, 5) is 23.8. The number of amides is 2. The van der Waals surface area contributed by atoms with Crippen LogP contribution in [-0.2, 0) is 4.79 Å². The molecule has 1 aromatic heterocycles. The summed E-state index contributed by atoms with van der Waals surface area (Å²) in [6.45, 7) is 1.40. The van der Waals surface area contributed by atoms with Crippen molar-refractivity contribution in [2.24, 2.45) is 0 Å². The summed E-state index contributed by atoms with van der Waals surface area (Å²) < 4.78 is 6.79. The molecule has 0 aliphatic carbocycles. The highest BCUT2D eigenvalue weighted by atomic mass is 35.5. The zero-order valence-electron chi connectivity index (χ0n) is 14.7. The van der Waals surface area contributed by atoms with E-state index in [1.807, 2.05) is 0 Å². The molecule has 2 amide bonds. The van der Waals surface area contributed by atoms with E-state index < -0.39 is 0 Å². The summed E-state index contributed by atoms with van der Waals surface area (Å²) in [5.41, 5.74) is 2.17. The monoisotopic (exact) mass is 384 g/mol. The van der Waals surface area contributed by atoms with Gasteiger partial charge in [0.2, 0.25) is 5.91 Å². The SMILES string of the molecule is COc1ccc(NC(=O)c2cnn(-c3ccc(Cl)cc3)c2)cc1NC(C)=O. The molecule has 8 heteroatoms. The second kappa shape index (κ2) is 7.92. The van der Waals surface area contributed by atoms with E-state index in [9.17, 15) is 9.59 Å². The van der Waals surface area contributed by atoms with Gasteiger partial charge in [0.1, 0.15) is 5.75 Å². The van der Waals surface area contributed by atoms with Crippen LogP contribution < -0.4 is 15.4 Å². The second-order valence-corrected chi connectivity index (χ2v) is 6.14. The van der Waals surface area contributed by atoms with E-state index in [0.29, 0.717) is 27.7 Å². The van der Waals surface area contributed by atoms with Crippen molar-refractivity contribution in [1.29, 1.82) is 0 Å². The third-order valence-electron chi connectivity index (χ3n) is 3.70. The van der Waals surface area contributed by atoms with Crippen molar-refractivity contribution >= 4 is 34.8 Å². The van der Waals surface area contributed by atoms with Gasteiger partial charge in [0.05, 0.1) is 30.2 Å². The molecule has 0 aliphatic rings. The topological polar surface area (TPSA) is 85.2 Å². The van der Waals surface area contributed by atoms with Gasteiger partial charge in [-0.1, -0.05) is 11.6 Å². The summed E-state index contributed by atoms with van der Waals surface area (Å²) in [7, 11) is 1.50. The molecule has 0 unspecified atom stereocenters. The lowest BCUT2D eigenvalue weighted by Crippen LogP contribution is -2.12. The zero-order valence-corrected chi connectivity index (χ0v) is 15.4. The molecule has 0 atom stereocenters. The highest BCUT2D eigenvalue weighted by Crippen LogP contribution is 2.28. The maximum Gasteiger partial charge on any atom is 0.258 e. The Morgan fingerprint density at radius 1 is 1.11 bits per heavy atom. The van der Waals surface area contributed by atoms with Crippen molar-refractivity contribution in [2.75, 3.05) is 17.7 Å². The highest BCUT2D eigenvalue weighted by Gasteiger charge is 2.12. The first-order valence-corrected chi connectivity index (χ1v) is 8.41. The molecule has 2 aromatic carbocycles. The van der Waals surface area contributed by atoms with Crippen molar-refractivity contribution in [2.45, 2.75) is 6.92 Å². The molecule has 7 nitrogen and oxygen atoms in total. The number of carbonyl (C=O) groups is 2. The Bertz CT molecular complexity index is 983.